The molecule has 1 aliphatic heterocycles. The molecule has 1 aromatic heterocycles. The fourth-order valence-electron chi connectivity index (χ4n) is 2.99. The lowest BCUT2D eigenvalue weighted by Crippen LogP contribution is -2.40. The molecule has 2 fully saturated rings. The van der Waals surface area contributed by atoms with E-state index in [1.807, 2.05) is 19.1 Å². The second-order valence-electron chi connectivity index (χ2n) is 6.02. The topological polar surface area (TPSA) is 45.2 Å². The van der Waals surface area contributed by atoms with Gasteiger partial charge in [0.05, 0.1) is 5.56 Å². The van der Waals surface area contributed by atoms with Crippen molar-refractivity contribution in [3.05, 3.63) is 29.6 Å². The number of pyridine rings is 1. The minimum absolute atomic E-state index is 0.177. The molecule has 1 saturated carbocycles. The van der Waals surface area contributed by atoms with E-state index >= 15 is 0 Å². The first-order valence-corrected chi connectivity index (χ1v) is 7.69. The van der Waals surface area contributed by atoms with Gasteiger partial charge in [0.1, 0.15) is 0 Å². The summed E-state index contributed by atoms with van der Waals surface area (Å²) < 4.78 is 0. The Morgan fingerprint density at radius 2 is 2.10 bits per heavy atom. The fourth-order valence-corrected chi connectivity index (χ4v) is 2.99. The SMILES string of the molecule is Cc1ncccc1C(=O)N(CC1CCNCC1)C1CC1. The molecule has 4 heteroatoms. The number of aryl methyl sites for hydroxylation is 1. The van der Waals surface area contributed by atoms with Gasteiger partial charge < -0.3 is 10.2 Å². The lowest BCUT2D eigenvalue weighted by molar-refractivity contribution is 0.0700. The third kappa shape index (κ3) is 3.01. The largest absolute Gasteiger partial charge is 0.335 e. The molecule has 0 radical (unpaired) electrons. The van der Waals surface area contributed by atoms with E-state index in [0.717, 1.165) is 43.7 Å². The van der Waals surface area contributed by atoms with E-state index in [0.29, 0.717) is 12.0 Å². The second-order valence-corrected chi connectivity index (χ2v) is 6.02. The van der Waals surface area contributed by atoms with Crippen LogP contribution in [0.25, 0.3) is 0 Å². The van der Waals surface area contributed by atoms with Crippen molar-refractivity contribution in [1.82, 2.24) is 15.2 Å². The summed E-state index contributed by atoms with van der Waals surface area (Å²) in [5.41, 5.74) is 1.61. The van der Waals surface area contributed by atoms with E-state index in [1.54, 1.807) is 6.20 Å². The average molecular weight is 273 g/mol. The van der Waals surface area contributed by atoms with Crippen molar-refractivity contribution in [3.8, 4) is 0 Å². The predicted molar refractivity (Wildman–Crippen MR) is 78.6 cm³/mol. The van der Waals surface area contributed by atoms with Gasteiger partial charge in [-0.2, -0.15) is 0 Å². The number of hydrogen-bond donors (Lipinski definition) is 1. The molecule has 0 spiro atoms. The van der Waals surface area contributed by atoms with Gasteiger partial charge in [0.25, 0.3) is 5.91 Å². The number of carbonyl (C=O) groups excluding carboxylic acids is 1. The van der Waals surface area contributed by atoms with Crippen LogP contribution < -0.4 is 5.32 Å². The summed E-state index contributed by atoms with van der Waals surface area (Å²) in [6, 6.07) is 4.23. The molecule has 1 aliphatic carbocycles. The van der Waals surface area contributed by atoms with E-state index in [2.05, 4.69) is 15.2 Å². The van der Waals surface area contributed by atoms with Crippen molar-refractivity contribution in [1.29, 1.82) is 0 Å². The predicted octanol–water partition coefficient (Wildman–Crippen LogP) is 1.99. The lowest BCUT2D eigenvalue weighted by Gasteiger charge is -2.30. The zero-order chi connectivity index (χ0) is 13.9. The number of carbonyl (C=O) groups is 1. The summed E-state index contributed by atoms with van der Waals surface area (Å²) in [6.45, 7) is 5.01. The lowest BCUT2D eigenvalue weighted by atomic mass is 9.97. The number of amides is 1. The molecule has 1 amide bonds. The number of rotatable bonds is 4. The first-order chi connectivity index (χ1) is 9.75. The number of nitrogens with zero attached hydrogens (tertiary/aromatic N) is 2. The zero-order valence-electron chi connectivity index (χ0n) is 12.1. The van der Waals surface area contributed by atoms with Crippen LogP contribution in [0, 0.1) is 12.8 Å². The summed E-state index contributed by atoms with van der Waals surface area (Å²) in [5.74, 6) is 0.828. The molecule has 3 rings (SSSR count). The highest BCUT2D eigenvalue weighted by molar-refractivity contribution is 5.95. The number of aromatic nitrogens is 1. The van der Waals surface area contributed by atoms with Crippen LogP contribution >= 0.6 is 0 Å². The van der Waals surface area contributed by atoms with Crippen molar-refractivity contribution in [2.24, 2.45) is 5.92 Å². The van der Waals surface area contributed by atoms with E-state index in [-0.39, 0.29) is 5.91 Å². The van der Waals surface area contributed by atoms with Crippen LogP contribution in [-0.2, 0) is 0 Å². The maximum Gasteiger partial charge on any atom is 0.255 e. The Balaban J connectivity index is 1.73. The third-order valence-electron chi connectivity index (χ3n) is 4.40. The monoisotopic (exact) mass is 273 g/mol. The van der Waals surface area contributed by atoms with E-state index in [9.17, 15) is 4.79 Å². The normalized spacial score (nSPS) is 19.9. The Labute approximate surface area is 120 Å². The van der Waals surface area contributed by atoms with Gasteiger partial charge in [-0.05, 0) is 63.7 Å². The minimum Gasteiger partial charge on any atom is -0.335 e. The molecule has 0 atom stereocenters. The van der Waals surface area contributed by atoms with Gasteiger partial charge in [0.2, 0.25) is 0 Å². The molecule has 1 aromatic rings. The van der Waals surface area contributed by atoms with Crippen LogP contribution in [0.3, 0.4) is 0 Å². The zero-order valence-corrected chi connectivity index (χ0v) is 12.1. The average Bonchev–Trinajstić information content (AvgIpc) is 3.30. The molecule has 2 aliphatic rings. The first kappa shape index (κ1) is 13.6. The standard InChI is InChI=1S/C16H23N3O/c1-12-15(3-2-8-18-12)16(20)19(14-4-5-14)11-13-6-9-17-10-7-13/h2-3,8,13-14,17H,4-7,9-11H2,1H3. The number of piperidine rings is 1. The Bertz CT molecular complexity index is 478. The number of nitrogens with one attached hydrogen (secondary N) is 1. The van der Waals surface area contributed by atoms with Gasteiger partial charge in [-0.3, -0.25) is 9.78 Å². The van der Waals surface area contributed by atoms with Crippen LogP contribution in [-0.4, -0.2) is 41.5 Å². The third-order valence-corrected chi connectivity index (χ3v) is 4.40. The minimum atomic E-state index is 0.177. The van der Waals surface area contributed by atoms with Gasteiger partial charge in [-0.15, -0.1) is 0 Å². The molecular formula is C16H23N3O. The second kappa shape index (κ2) is 5.92. The maximum absolute atomic E-state index is 12.8. The maximum atomic E-state index is 12.8. The molecule has 108 valence electrons. The number of hydrogen-bond acceptors (Lipinski definition) is 3. The van der Waals surface area contributed by atoms with Crippen LogP contribution in [0.1, 0.15) is 41.7 Å². The molecule has 1 N–H and O–H groups in total. The molecular weight excluding hydrogens is 250 g/mol. The van der Waals surface area contributed by atoms with Crippen molar-refractivity contribution >= 4 is 5.91 Å². The molecule has 4 nitrogen and oxygen atoms in total. The van der Waals surface area contributed by atoms with Gasteiger partial charge in [0, 0.05) is 24.5 Å². The molecule has 0 bridgehead atoms. The van der Waals surface area contributed by atoms with E-state index < -0.39 is 0 Å². The van der Waals surface area contributed by atoms with Crippen LogP contribution in [0.15, 0.2) is 18.3 Å². The quantitative estimate of drug-likeness (QED) is 0.912. The van der Waals surface area contributed by atoms with Crippen molar-refractivity contribution in [2.45, 2.75) is 38.6 Å². The van der Waals surface area contributed by atoms with Crippen LogP contribution in [0.5, 0.6) is 0 Å². The van der Waals surface area contributed by atoms with Crippen LogP contribution in [0.4, 0.5) is 0 Å². The summed E-state index contributed by atoms with van der Waals surface area (Å²) in [4.78, 5) is 19.2. The van der Waals surface area contributed by atoms with Gasteiger partial charge in [-0.25, -0.2) is 0 Å². The van der Waals surface area contributed by atoms with Crippen molar-refractivity contribution in [3.63, 3.8) is 0 Å². The highest BCUT2D eigenvalue weighted by Gasteiger charge is 2.35. The van der Waals surface area contributed by atoms with Gasteiger partial charge in [-0.1, -0.05) is 0 Å². The van der Waals surface area contributed by atoms with Gasteiger partial charge >= 0.3 is 0 Å². The Kier molecular flexibility index (Phi) is 4.01. The summed E-state index contributed by atoms with van der Waals surface area (Å²) in [7, 11) is 0. The van der Waals surface area contributed by atoms with Crippen molar-refractivity contribution in [2.75, 3.05) is 19.6 Å². The van der Waals surface area contributed by atoms with Gasteiger partial charge in [0.15, 0.2) is 0 Å². The summed E-state index contributed by atoms with van der Waals surface area (Å²) >= 11 is 0. The Hall–Kier alpha value is -1.42. The van der Waals surface area contributed by atoms with Crippen molar-refractivity contribution < 1.29 is 4.79 Å². The molecule has 0 unspecified atom stereocenters. The Morgan fingerprint density at radius 1 is 1.35 bits per heavy atom. The smallest absolute Gasteiger partial charge is 0.255 e. The highest BCUT2D eigenvalue weighted by Crippen LogP contribution is 2.30. The Morgan fingerprint density at radius 3 is 2.75 bits per heavy atom. The summed E-state index contributed by atoms with van der Waals surface area (Å²) in [6.07, 6.45) is 6.44. The molecule has 20 heavy (non-hydrogen) atoms. The fraction of sp³-hybridized carbons (Fsp3) is 0.625. The summed E-state index contributed by atoms with van der Waals surface area (Å²) in [5, 5.41) is 3.39. The molecule has 1 saturated heterocycles. The van der Waals surface area contributed by atoms with E-state index in [4.69, 9.17) is 0 Å². The van der Waals surface area contributed by atoms with Crippen LogP contribution in [0.2, 0.25) is 0 Å². The van der Waals surface area contributed by atoms with E-state index in [1.165, 1.54) is 12.8 Å². The molecule has 2 heterocycles. The molecule has 0 aromatic carbocycles. The first-order valence-electron chi connectivity index (χ1n) is 7.69. The highest BCUT2D eigenvalue weighted by atomic mass is 16.2.